The van der Waals surface area contributed by atoms with Gasteiger partial charge in [-0.15, -0.1) is 0 Å². The highest BCUT2D eigenvalue weighted by Crippen LogP contribution is 2.49. The van der Waals surface area contributed by atoms with Crippen molar-refractivity contribution < 1.29 is 15.0 Å². The molecule has 1 fully saturated rings. The number of phenols is 1. The maximum atomic E-state index is 13.8. The normalized spacial score (nSPS) is 27.7. The Kier molecular flexibility index (Phi) is 6.09. The van der Waals surface area contributed by atoms with E-state index in [0.717, 1.165) is 12.8 Å². The first-order valence-corrected chi connectivity index (χ1v) is 11.4. The average Bonchev–Trinajstić information content (AvgIpc) is 2.76. The minimum atomic E-state index is -0.584. The number of Topliss-reactive ketones (excluding diaryl/α,β-unsaturated/α-hetero) is 1. The Labute approximate surface area is 188 Å². The highest BCUT2D eigenvalue weighted by atomic mass is 16.3. The fraction of sp³-hybridized carbons (Fsp3) is 0.407. The number of pyridine rings is 1. The molecule has 0 saturated heterocycles. The molecule has 0 bridgehead atoms. The standard InChI is InChI=1S/C27H31NO4/c1-4-5-20-21-12-15(2)6-11-19(21)16(3)13-22(20)25(30)24-26(31)23(14-28-27(24)32)17-7-9-18(29)10-8-17/h4-5,7-10,13-15,19-22,29H,6,11-12H2,1-3H3,(H2,28,31,32)/t15-,19+,20?,21-,22+/m0/s1. The van der Waals surface area contributed by atoms with Gasteiger partial charge in [-0.05, 0) is 68.1 Å². The number of aromatic nitrogens is 1. The summed E-state index contributed by atoms with van der Waals surface area (Å²) in [5.41, 5.74) is 1.40. The molecule has 5 atom stereocenters. The van der Waals surface area contributed by atoms with Crippen molar-refractivity contribution in [3.8, 4) is 22.6 Å². The van der Waals surface area contributed by atoms with Gasteiger partial charge in [-0.25, -0.2) is 0 Å². The molecule has 5 nitrogen and oxygen atoms in total. The molecule has 0 amide bonds. The number of phenolic OH excluding ortho intramolecular Hbond substituents is 1. The van der Waals surface area contributed by atoms with Crippen LogP contribution in [0.3, 0.4) is 0 Å². The molecule has 0 radical (unpaired) electrons. The van der Waals surface area contributed by atoms with Gasteiger partial charge in [0.15, 0.2) is 5.78 Å². The van der Waals surface area contributed by atoms with Crippen LogP contribution in [0.4, 0.5) is 0 Å². The fourth-order valence-corrected chi connectivity index (χ4v) is 5.71. The molecule has 4 rings (SSSR count). The van der Waals surface area contributed by atoms with E-state index in [2.05, 4.69) is 24.9 Å². The van der Waals surface area contributed by atoms with Crippen LogP contribution in [0.1, 0.15) is 50.4 Å². The lowest BCUT2D eigenvalue weighted by Gasteiger charge is -2.45. The highest BCUT2D eigenvalue weighted by Gasteiger charge is 2.43. The van der Waals surface area contributed by atoms with Gasteiger partial charge >= 0.3 is 0 Å². The van der Waals surface area contributed by atoms with Gasteiger partial charge in [0, 0.05) is 17.7 Å². The Morgan fingerprint density at radius 3 is 2.56 bits per heavy atom. The van der Waals surface area contributed by atoms with Gasteiger partial charge in [-0.3, -0.25) is 9.59 Å². The largest absolute Gasteiger partial charge is 0.508 e. The number of hydrogen-bond acceptors (Lipinski definition) is 4. The van der Waals surface area contributed by atoms with Crippen molar-refractivity contribution in [3.63, 3.8) is 0 Å². The van der Waals surface area contributed by atoms with Crippen LogP contribution in [0.2, 0.25) is 0 Å². The zero-order valence-corrected chi connectivity index (χ0v) is 18.8. The second-order valence-corrected chi connectivity index (χ2v) is 9.39. The van der Waals surface area contributed by atoms with Crippen molar-refractivity contribution in [1.29, 1.82) is 0 Å². The van der Waals surface area contributed by atoms with Crippen LogP contribution in [0, 0.1) is 29.6 Å². The van der Waals surface area contributed by atoms with Crippen LogP contribution in [0.5, 0.6) is 11.5 Å². The zero-order valence-electron chi connectivity index (χ0n) is 18.8. The molecule has 2 aromatic rings. The smallest absolute Gasteiger partial charge is 0.262 e. The van der Waals surface area contributed by atoms with Crippen LogP contribution in [0.15, 0.2) is 59.1 Å². The summed E-state index contributed by atoms with van der Waals surface area (Å²) >= 11 is 0. The number of fused-ring (bicyclic) bond motifs is 1. The van der Waals surface area contributed by atoms with E-state index in [0.29, 0.717) is 28.9 Å². The number of hydrogen-bond donors (Lipinski definition) is 3. The SMILES string of the molecule is CC=CC1[C@H]2C[C@@H](C)CC[C@@H]2C(C)=C[C@H]1C(=O)c1c(O)c(-c2ccc(O)cc2)c[nH]c1=O. The lowest BCUT2D eigenvalue weighted by atomic mass is 9.59. The minimum Gasteiger partial charge on any atom is -0.508 e. The van der Waals surface area contributed by atoms with Crippen LogP contribution in [0.25, 0.3) is 11.1 Å². The summed E-state index contributed by atoms with van der Waals surface area (Å²) in [6.07, 6.45) is 10.9. The average molecular weight is 434 g/mol. The molecule has 3 N–H and O–H groups in total. The maximum Gasteiger partial charge on any atom is 0.262 e. The topological polar surface area (TPSA) is 90.4 Å². The van der Waals surface area contributed by atoms with E-state index >= 15 is 0 Å². The van der Waals surface area contributed by atoms with E-state index < -0.39 is 11.5 Å². The van der Waals surface area contributed by atoms with Crippen LogP contribution in [-0.2, 0) is 0 Å². The van der Waals surface area contributed by atoms with Gasteiger partial charge in [-0.1, -0.05) is 49.3 Å². The summed E-state index contributed by atoms with van der Waals surface area (Å²) in [4.78, 5) is 29.1. The van der Waals surface area contributed by atoms with Gasteiger partial charge in [-0.2, -0.15) is 0 Å². The number of benzene rings is 1. The third-order valence-corrected chi connectivity index (χ3v) is 7.31. The third kappa shape index (κ3) is 3.92. The second kappa shape index (κ2) is 8.81. The molecule has 5 heteroatoms. The maximum absolute atomic E-state index is 13.8. The third-order valence-electron chi connectivity index (χ3n) is 7.31. The molecule has 0 spiro atoms. The number of nitrogens with one attached hydrogen (secondary N) is 1. The molecule has 0 aliphatic heterocycles. The molecule has 2 aliphatic carbocycles. The monoisotopic (exact) mass is 433 g/mol. The molecule has 168 valence electrons. The lowest BCUT2D eigenvalue weighted by Crippen LogP contribution is -2.40. The van der Waals surface area contributed by atoms with Crippen molar-refractivity contribution in [3.05, 3.63) is 70.2 Å². The Morgan fingerprint density at radius 2 is 1.88 bits per heavy atom. The summed E-state index contributed by atoms with van der Waals surface area (Å²) in [5.74, 6) is 0.391. The molecular weight excluding hydrogens is 402 g/mol. The Bertz CT molecular complexity index is 1130. The van der Waals surface area contributed by atoms with Crippen LogP contribution < -0.4 is 5.56 Å². The molecule has 1 saturated carbocycles. The number of carbonyl (C=O) groups is 1. The van der Waals surface area contributed by atoms with Gasteiger partial charge in [0.1, 0.15) is 17.1 Å². The molecule has 32 heavy (non-hydrogen) atoms. The number of rotatable bonds is 4. The summed E-state index contributed by atoms with van der Waals surface area (Å²) in [5, 5.41) is 20.6. The summed E-state index contributed by atoms with van der Waals surface area (Å²) < 4.78 is 0. The fourth-order valence-electron chi connectivity index (χ4n) is 5.71. The number of aromatic hydroxyl groups is 2. The first-order chi connectivity index (χ1) is 15.3. The van der Waals surface area contributed by atoms with E-state index in [-0.39, 0.29) is 28.8 Å². The molecular formula is C27H31NO4. The quantitative estimate of drug-likeness (QED) is 0.441. The van der Waals surface area contributed by atoms with E-state index in [1.165, 1.54) is 30.3 Å². The highest BCUT2D eigenvalue weighted by molar-refractivity contribution is 6.03. The van der Waals surface area contributed by atoms with Crippen molar-refractivity contribution in [2.75, 3.05) is 0 Å². The zero-order chi connectivity index (χ0) is 23.0. The number of H-pyrrole nitrogens is 1. The van der Waals surface area contributed by atoms with Crippen LogP contribution in [-0.4, -0.2) is 21.0 Å². The Morgan fingerprint density at radius 1 is 1.16 bits per heavy atom. The first kappa shape index (κ1) is 22.1. The van der Waals surface area contributed by atoms with Crippen molar-refractivity contribution in [2.45, 2.75) is 40.0 Å². The Hall–Kier alpha value is -3.08. The van der Waals surface area contributed by atoms with Gasteiger partial charge < -0.3 is 15.2 Å². The van der Waals surface area contributed by atoms with Gasteiger partial charge in [0.25, 0.3) is 5.56 Å². The van der Waals surface area contributed by atoms with E-state index in [1.54, 1.807) is 12.1 Å². The number of aromatic amines is 1. The van der Waals surface area contributed by atoms with Crippen molar-refractivity contribution in [1.82, 2.24) is 4.98 Å². The van der Waals surface area contributed by atoms with E-state index in [9.17, 15) is 19.8 Å². The lowest BCUT2D eigenvalue weighted by molar-refractivity contribution is 0.0803. The summed E-state index contributed by atoms with van der Waals surface area (Å²) in [6.45, 7) is 6.32. The molecule has 2 aliphatic rings. The molecule has 1 aromatic carbocycles. The number of allylic oxidation sites excluding steroid dienone is 4. The summed E-state index contributed by atoms with van der Waals surface area (Å²) in [7, 11) is 0. The predicted octanol–water partition coefficient (Wildman–Crippen LogP) is 5.46. The van der Waals surface area contributed by atoms with Crippen molar-refractivity contribution in [2.24, 2.45) is 29.6 Å². The van der Waals surface area contributed by atoms with Crippen LogP contribution >= 0.6 is 0 Å². The van der Waals surface area contributed by atoms with Gasteiger partial charge in [0.05, 0.1) is 0 Å². The molecule has 1 heterocycles. The number of ketones is 1. The van der Waals surface area contributed by atoms with E-state index in [1.807, 2.05) is 19.1 Å². The second-order valence-electron chi connectivity index (χ2n) is 9.39. The molecule has 1 aromatic heterocycles. The first-order valence-electron chi connectivity index (χ1n) is 11.4. The van der Waals surface area contributed by atoms with Crippen molar-refractivity contribution >= 4 is 5.78 Å². The molecule has 1 unspecified atom stereocenters. The summed E-state index contributed by atoms with van der Waals surface area (Å²) in [6, 6.07) is 6.28. The van der Waals surface area contributed by atoms with E-state index in [4.69, 9.17) is 0 Å². The minimum absolute atomic E-state index is 0.0000727. The Balaban J connectivity index is 1.79. The number of carbonyl (C=O) groups excluding carboxylic acids is 1. The van der Waals surface area contributed by atoms with Gasteiger partial charge in [0.2, 0.25) is 0 Å². The predicted molar refractivity (Wildman–Crippen MR) is 126 cm³/mol.